The van der Waals surface area contributed by atoms with Gasteiger partial charge in [-0.1, -0.05) is 106 Å². The van der Waals surface area contributed by atoms with E-state index in [9.17, 15) is 121 Å². The van der Waals surface area contributed by atoms with Gasteiger partial charge in [-0.2, -0.15) is 35.3 Å². The summed E-state index contributed by atoms with van der Waals surface area (Å²) in [6, 6.07) is -2.86. The van der Waals surface area contributed by atoms with E-state index in [1.165, 1.54) is 90.9 Å². The van der Waals surface area contributed by atoms with Crippen molar-refractivity contribution in [3.63, 3.8) is 0 Å². The molecule has 15 atom stereocenters. The molecule has 3 aliphatic rings. The molecular formula is C92H124N20O28S3. The zero-order valence-corrected chi connectivity index (χ0v) is 81.9. The number of nitrogens with zero attached hydrogens (tertiary/aromatic N) is 3. The van der Waals surface area contributed by atoms with Crippen molar-refractivity contribution in [2.45, 2.75) is 216 Å². The van der Waals surface area contributed by atoms with Gasteiger partial charge in [0, 0.05) is 125 Å². The molecule has 3 fully saturated rings. The topological polar surface area (TPSA) is 750 Å². The van der Waals surface area contributed by atoms with E-state index in [1.54, 1.807) is 48.5 Å². The first-order valence-electron chi connectivity index (χ1n) is 45.8. The quantitative estimate of drug-likeness (QED) is 0.0371. The molecular weight excluding hydrogens is 1930 g/mol. The maximum atomic E-state index is 15.3. The maximum Gasteiger partial charge on any atom is 0.305 e. The van der Waals surface area contributed by atoms with Crippen molar-refractivity contribution in [2.75, 3.05) is 73.8 Å². The zero-order valence-electron chi connectivity index (χ0n) is 79.5. The number of carbonyl (C=O) groups excluding carboxylic acids is 19. The molecule has 778 valence electrons. The van der Waals surface area contributed by atoms with Crippen LogP contribution in [-0.2, 0) is 130 Å². The summed E-state index contributed by atoms with van der Waals surface area (Å²) in [6.07, 6.45) is -9.37. The average Bonchev–Trinajstić information content (AvgIpc) is 1.02. The lowest BCUT2D eigenvalue weighted by Gasteiger charge is -2.33. The van der Waals surface area contributed by atoms with E-state index in [-0.39, 0.29) is 92.2 Å². The van der Waals surface area contributed by atoms with Crippen LogP contribution in [0, 0.1) is 5.41 Å². The highest BCUT2D eigenvalue weighted by Gasteiger charge is 2.42. The highest BCUT2D eigenvalue weighted by molar-refractivity contribution is 7.99. The Morgan fingerprint density at radius 1 is 0.406 bits per heavy atom. The second-order valence-electron chi connectivity index (χ2n) is 35.4. The Balaban J connectivity index is 1.36. The fourth-order valence-corrected chi connectivity index (χ4v) is 17.8. The number of primary amides is 2. The standard InChI is InChI=1S/C92H124N20O28S3/c1-48(93)78(127)107-66-46-142-37-28-70(116)111-32-30-110-31-33-112(35-34-111)71(117)29-38-143-47-67(108-80(129)50(3)96-83(132)61(41-54-17-12-16-53-15-10-11-18-56(53)54)103-81(130)57(23-25-72(118)119)98-86(135)62(42-68(94)114)100-79(128)49(2)97-89(66)138)90(139)99-58(24-26-73(120)121)82(131)104-63(43-74(122)123)87(136)102-59(39-51-13-8-7-9-14-51)84(133)101-60(40-52-19-21-55(113)22-20-52)85(134)105-64(44-75(124)125)88(137)109-76(92(4,5)6)91(140)106-65(77(95)126)45-141-36-27-69(110)115/h7-22,48-50,57-67,76,113H,23-47,93H2,1-6H3,(H2,94,114)(H2,95,126)(H,96,132)(H,97,138)(H,98,135)(H,99,139)(H,100,128)(H,101,133)(H,102,136)(H,103,130)(H,104,131)(H,105,134)(H,106,140)(H,107,127)(H,108,129)(H,109,137)(H,118,119)(H,120,121)(H,122,123)(H,124,125)/t48-,49+,50+,57-,58-,59-,60-,61-,62-,63?,64-,65-,66-,67+,76+/m0/s1. The fourth-order valence-electron chi connectivity index (χ4n) is 14.9. The lowest BCUT2D eigenvalue weighted by Crippen LogP contribution is -2.62. The van der Waals surface area contributed by atoms with Gasteiger partial charge in [0.25, 0.3) is 0 Å². The number of carbonyl (C=O) groups is 23. The number of phenolic OH excluding ortho intramolecular Hbond substituents is 1. The summed E-state index contributed by atoms with van der Waals surface area (Å²) >= 11 is 2.77. The number of phenols is 1. The Kier molecular flexibility index (Phi) is 45.7. The highest BCUT2D eigenvalue weighted by Crippen LogP contribution is 2.25. The first kappa shape index (κ1) is 116. The molecule has 25 N–H and O–H groups in total. The normalized spacial score (nSPS) is 24.5. The Morgan fingerprint density at radius 2 is 0.790 bits per heavy atom. The number of aromatic hydroxyl groups is 1. The van der Waals surface area contributed by atoms with E-state index in [1.807, 2.05) is 0 Å². The molecule has 4 bridgehead atoms. The molecule has 19 amide bonds. The van der Waals surface area contributed by atoms with Gasteiger partial charge < -0.3 is 132 Å². The predicted molar refractivity (Wildman–Crippen MR) is 518 cm³/mol. The van der Waals surface area contributed by atoms with E-state index in [2.05, 4.69) is 74.4 Å². The summed E-state index contributed by atoms with van der Waals surface area (Å²) in [5.74, 6) is -29.4. The number of carboxylic acid groups (broad SMARTS) is 4. The van der Waals surface area contributed by atoms with Crippen molar-refractivity contribution in [1.82, 2.24) is 89.1 Å². The molecule has 1 unspecified atom stereocenters. The number of thioether (sulfide) groups is 3. The molecule has 0 aliphatic carbocycles. The largest absolute Gasteiger partial charge is 0.508 e. The number of aliphatic carboxylic acids is 4. The van der Waals surface area contributed by atoms with Crippen LogP contribution in [0.5, 0.6) is 5.75 Å². The molecule has 0 saturated carbocycles. The van der Waals surface area contributed by atoms with Gasteiger partial charge in [-0.15, -0.1) is 0 Å². The summed E-state index contributed by atoms with van der Waals surface area (Å²) in [5.41, 5.74) is 16.9. The number of benzene rings is 4. The third-order valence-corrected chi connectivity index (χ3v) is 26.1. The first-order chi connectivity index (χ1) is 67.5. The van der Waals surface area contributed by atoms with E-state index >= 15 is 14.4 Å². The van der Waals surface area contributed by atoms with Crippen LogP contribution in [0.2, 0.25) is 0 Å². The number of fused-ring (bicyclic) bond motifs is 10. The van der Waals surface area contributed by atoms with Crippen molar-refractivity contribution < 1.29 is 136 Å². The van der Waals surface area contributed by atoms with Gasteiger partial charge in [0.2, 0.25) is 112 Å². The Labute approximate surface area is 834 Å². The number of amides is 19. The van der Waals surface area contributed by atoms with E-state index in [0.29, 0.717) is 21.9 Å². The minimum Gasteiger partial charge on any atom is -0.508 e. The lowest BCUT2D eigenvalue weighted by atomic mass is 9.85. The van der Waals surface area contributed by atoms with Crippen LogP contribution < -0.4 is 91.6 Å². The van der Waals surface area contributed by atoms with Crippen molar-refractivity contribution in [2.24, 2.45) is 22.6 Å². The second kappa shape index (κ2) is 56.4. The number of nitrogens with one attached hydrogen (secondary N) is 14. The summed E-state index contributed by atoms with van der Waals surface area (Å²) < 4.78 is 0. The van der Waals surface area contributed by atoms with Gasteiger partial charge in [-0.25, -0.2) is 0 Å². The van der Waals surface area contributed by atoms with Crippen LogP contribution in [0.4, 0.5) is 0 Å². The van der Waals surface area contributed by atoms with Crippen LogP contribution in [-0.4, -0.2) is 341 Å². The molecule has 7 rings (SSSR count). The van der Waals surface area contributed by atoms with Crippen molar-refractivity contribution in [1.29, 1.82) is 0 Å². The molecule has 3 aliphatic heterocycles. The molecule has 0 spiro atoms. The fraction of sp³-hybridized carbons (Fsp3) is 0.511. The molecule has 0 radical (unpaired) electrons. The molecule has 3 heterocycles. The molecule has 48 nitrogen and oxygen atoms in total. The average molecular weight is 2050 g/mol. The smallest absolute Gasteiger partial charge is 0.305 e. The van der Waals surface area contributed by atoms with Gasteiger partial charge in [0.1, 0.15) is 90.3 Å². The number of carboxylic acids is 4. The van der Waals surface area contributed by atoms with Crippen LogP contribution in [0.15, 0.2) is 97.1 Å². The minimum atomic E-state index is -2.27. The Bertz CT molecular complexity index is 5300. The van der Waals surface area contributed by atoms with Crippen LogP contribution >= 0.6 is 35.3 Å². The summed E-state index contributed by atoms with van der Waals surface area (Å²) in [6.45, 7) is 7.02. The summed E-state index contributed by atoms with van der Waals surface area (Å²) in [4.78, 5) is 330. The van der Waals surface area contributed by atoms with E-state index in [4.69, 9.17) is 17.2 Å². The van der Waals surface area contributed by atoms with Crippen molar-refractivity contribution in [3.8, 4) is 5.75 Å². The molecule has 4 aromatic rings. The minimum absolute atomic E-state index is 0.0739. The van der Waals surface area contributed by atoms with Crippen LogP contribution in [0.3, 0.4) is 0 Å². The third-order valence-electron chi connectivity index (χ3n) is 23.0. The van der Waals surface area contributed by atoms with Crippen molar-refractivity contribution in [3.05, 3.63) is 114 Å². The highest BCUT2D eigenvalue weighted by atomic mass is 32.2. The third kappa shape index (κ3) is 38.6. The molecule has 3 saturated heterocycles. The van der Waals surface area contributed by atoms with Gasteiger partial charge >= 0.3 is 23.9 Å². The molecule has 51 heteroatoms. The predicted octanol–water partition coefficient (Wildman–Crippen LogP) is -5.27. The van der Waals surface area contributed by atoms with Gasteiger partial charge in [0.05, 0.1) is 25.3 Å². The maximum absolute atomic E-state index is 15.3. The molecule has 143 heavy (non-hydrogen) atoms. The number of hydrogen-bond acceptors (Lipinski definition) is 28. The number of rotatable bonds is 21. The number of hydrogen-bond donors (Lipinski definition) is 22. The van der Waals surface area contributed by atoms with Gasteiger partial charge in [0.15, 0.2) is 0 Å². The van der Waals surface area contributed by atoms with Gasteiger partial charge in [-0.05, 0) is 78.6 Å². The van der Waals surface area contributed by atoms with Crippen LogP contribution in [0.25, 0.3) is 10.8 Å². The van der Waals surface area contributed by atoms with E-state index in [0.717, 1.165) is 49.1 Å². The summed E-state index contributed by atoms with van der Waals surface area (Å²) in [5, 5.41) is 85.9. The first-order valence-corrected chi connectivity index (χ1v) is 49.3. The lowest BCUT2D eigenvalue weighted by molar-refractivity contribution is -0.142. The second-order valence-corrected chi connectivity index (χ2v) is 38.8. The summed E-state index contributed by atoms with van der Waals surface area (Å²) in [7, 11) is 0. The monoisotopic (exact) mass is 2050 g/mol. The molecule has 4 aromatic carbocycles. The van der Waals surface area contributed by atoms with Gasteiger partial charge in [-0.3, -0.25) is 110 Å². The van der Waals surface area contributed by atoms with E-state index < -0.39 is 309 Å². The number of nitrogens with two attached hydrogens (primary N) is 3. The Morgan fingerprint density at radius 3 is 1.26 bits per heavy atom. The van der Waals surface area contributed by atoms with Crippen molar-refractivity contribution >= 4 is 182 Å². The van der Waals surface area contributed by atoms with Crippen LogP contribution in [0.1, 0.15) is 122 Å². The SMILES string of the molecule is C[C@H](N)C(=O)N[C@H]1CSCCC(=O)N2CCN3CCN(CC2)C(=O)CCSC[C@@H](NC(=O)[C@@H](C)NC(=O)[C@H](Cc2cccc4ccccc24)NC(=O)[C@H](CCC(=O)O)NC(=O)[C@H](CC(N)=O)NC(=O)[C@@H](C)NC1=O)C(=O)N[C@@H](CCC(=O)O)C(=O)NC(CC(=O)O)C(=O)N[C@@H](Cc1ccccc1)C(=O)N[C@@H](Cc1ccc(O)cc1)C(=O)N[C@@H](CC(=O)O)C(=O)N[C@@H](C(C)(C)C)C(=O)N[C@H](C(N)=O)CSCCC3=O. The molecule has 0 aromatic heterocycles. The Hall–Kier alpha value is -14.2. The zero-order chi connectivity index (χ0) is 106.